The van der Waals surface area contributed by atoms with Gasteiger partial charge in [-0.3, -0.25) is 0 Å². The molecule has 0 saturated carbocycles. The third-order valence-electron chi connectivity index (χ3n) is 3.22. The molecule has 0 unspecified atom stereocenters. The first kappa shape index (κ1) is 12.7. The monoisotopic (exact) mass is 267 g/mol. The molecule has 1 aromatic heterocycles. The predicted octanol–water partition coefficient (Wildman–Crippen LogP) is 2.64. The van der Waals surface area contributed by atoms with Crippen molar-refractivity contribution in [1.29, 1.82) is 0 Å². The summed E-state index contributed by atoms with van der Waals surface area (Å²) >= 11 is 0. The van der Waals surface area contributed by atoms with Crippen LogP contribution in [0.5, 0.6) is 5.75 Å². The van der Waals surface area contributed by atoms with E-state index in [1.54, 1.807) is 0 Å². The standard InChI is InChI=1S/C16H17N3O/c17-11-12-5-4-8-14-16(12)19-15(18-14)9-10-20-13-6-2-1-3-7-13/h1-8H,9-11,17H2,(H,18,19). The highest BCUT2D eigenvalue weighted by molar-refractivity contribution is 5.78. The van der Waals surface area contributed by atoms with Crippen LogP contribution >= 0.6 is 0 Å². The van der Waals surface area contributed by atoms with Gasteiger partial charge in [-0.05, 0) is 23.8 Å². The number of fused-ring (bicyclic) bond motifs is 1. The first-order valence-electron chi connectivity index (χ1n) is 6.71. The minimum atomic E-state index is 0.502. The summed E-state index contributed by atoms with van der Waals surface area (Å²) in [4.78, 5) is 7.91. The molecular formula is C16H17N3O. The van der Waals surface area contributed by atoms with Gasteiger partial charge < -0.3 is 15.5 Å². The van der Waals surface area contributed by atoms with Crippen LogP contribution in [0.2, 0.25) is 0 Å². The molecule has 2 aromatic carbocycles. The Morgan fingerprint density at radius 3 is 2.70 bits per heavy atom. The number of ether oxygens (including phenoxy) is 1. The van der Waals surface area contributed by atoms with Crippen LogP contribution in [0.3, 0.4) is 0 Å². The van der Waals surface area contributed by atoms with Gasteiger partial charge in [0.2, 0.25) is 0 Å². The van der Waals surface area contributed by atoms with E-state index in [0.717, 1.165) is 34.6 Å². The summed E-state index contributed by atoms with van der Waals surface area (Å²) in [5.74, 6) is 1.81. The highest BCUT2D eigenvalue weighted by Gasteiger charge is 2.06. The molecule has 0 aliphatic heterocycles. The van der Waals surface area contributed by atoms with Crippen LogP contribution in [-0.4, -0.2) is 16.6 Å². The topological polar surface area (TPSA) is 63.9 Å². The predicted molar refractivity (Wildman–Crippen MR) is 79.6 cm³/mol. The maximum absolute atomic E-state index is 5.72. The molecule has 0 bridgehead atoms. The quantitative estimate of drug-likeness (QED) is 0.747. The van der Waals surface area contributed by atoms with Crippen molar-refractivity contribution in [3.8, 4) is 5.75 Å². The summed E-state index contributed by atoms with van der Waals surface area (Å²) < 4.78 is 5.68. The van der Waals surface area contributed by atoms with Gasteiger partial charge in [-0.15, -0.1) is 0 Å². The fourth-order valence-electron chi connectivity index (χ4n) is 2.21. The van der Waals surface area contributed by atoms with Crippen molar-refractivity contribution < 1.29 is 4.74 Å². The molecule has 0 aliphatic rings. The molecule has 4 nitrogen and oxygen atoms in total. The normalized spacial score (nSPS) is 10.8. The zero-order valence-corrected chi connectivity index (χ0v) is 11.2. The van der Waals surface area contributed by atoms with Gasteiger partial charge in [0.05, 0.1) is 17.6 Å². The molecule has 0 amide bonds. The molecule has 0 spiro atoms. The Bertz CT molecular complexity index is 691. The Morgan fingerprint density at radius 1 is 1.05 bits per heavy atom. The minimum absolute atomic E-state index is 0.502. The summed E-state index contributed by atoms with van der Waals surface area (Å²) in [7, 11) is 0. The van der Waals surface area contributed by atoms with Crippen LogP contribution in [0.25, 0.3) is 11.0 Å². The van der Waals surface area contributed by atoms with Crippen LogP contribution in [0.1, 0.15) is 11.4 Å². The maximum atomic E-state index is 5.72. The van der Waals surface area contributed by atoms with Gasteiger partial charge >= 0.3 is 0 Å². The van der Waals surface area contributed by atoms with Crippen molar-refractivity contribution in [2.45, 2.75) is 13.0 Å². The first-order valence-corrected chi connectivity index (χ1v) is 6.71. The third-order valence-corrected chi connectivity index (χ3v) is 3.22. The second-order valence-electron chi connectivity index (χ2n) is 4.61. The van der Waals surface area contributed by atoms with Gasteiger partial charge in [-0.25, -0.2) is 4.98 Å². The van der Waals surface area contributed by atoms with Crippen molar-refractivity contribution >= 4 is 11.0 Å². The maximum Gasteiger partial charge on any atom is 0.119 e. The molecule has 4 heteroatoms. The number of hydrogen-bond acceptors (Lipinski definition) is 3. The van der Waals surface area contributed by atoms with E-state index in [1.807, 2.05) is 48.5 Å². The lowest BCUT2D eigenvalue weighted by Crippen LogP contribution is -2.02. The smallest absolute Gasteiger partial charge is 0.119 e. The molecule has 0 atom stereocenters. The van der Waals surface area contributed by atoms with Crippen LogP contribution in [0, 0.1) is 0 Å². The van der Waals surface area contributed by atoms with Crippen molar-refractivity contribution in [3.63, 3.8) is 0 Å². The Hall–Kier alpha value is -2.33. The van der Waals surface area contributed by atoms with Crippen molar-refractivity contribution in [1.82, 2.24) is 9.97 Å². The number of para-hydroxylation sites is 2. The molecule has 3 aromatic rings. The van der Waals surface area contributed by atoms with E-state index in [-0.39, 0.29) is 0 Å². The second-order valence-corrected chi connectivity index (χ2v) is 4.61. The number of rotatable bonds is 5. The average molecular weight is 267 g/mol. The van der Waals surface area contributed by atoms with Crippen molar-refractivity contribution in [3.05, 3.63) is 59.9 Å². The number of nitrogens with zero attached hydrogens (tertiary/aromatic N) is 1. The summed E-state index contributed by atoms with van der Waals surface area (Å²) in [6, 6.07) is 15.8. The number of H-pyrrole nitrogens is 1. The fraction of sp³-hybridized carbons (Fsp3) is 0.188. The molecule has 102 valence electrons. The van der Waals surface area contributed by atoms with E-state index in [9.17, 15) is 0 Å². The van der Waals surface area contributed by atoms with Gasteiger partial charge in [0, 0.05) is 13.0 Å². The van der Waals surface area contributed by atoms with Crippen molar-refractivity contribution in [2.24, 2.45) is 5.73 Å². The van der Waals surface area contributed by atoms with E-state index in [0.29, 0.717) is 13.2 Å². The molecular weight excluding hydrogens is 250 g/mol. The zero-order chi connectivity index (χ0) is 13.8. The molecule has 0 saturated heterocycles. The summed E-state index contributed by atoms with van der Waals surface area (Å²) in [5.41, 5.74) is 8.78. The lowest BCUT2D eigenvalue weighted by molar-refractivity contribution is 0.319. The van der Waals surface area contributed by atoms with E-state index in [2.05, 4.69) is 9.97 Å². The number of imidazole rings is 1. The number of aromatic amines is 1. The largest absolute Gasteiger partial charge is 0.493 e. The Balaban J connectivity index is 1.69. The van der Waals surface area contributed by atoms with E-state index < -0.39 is 0 Å². The van der Waals surface area contributed by atoms with E-state index in [4.69, 9.17) is 10.5 Å². The number of nitrogens with one attached hydrogen (secondary N) is 1. The Kier molecular flexibility index (Phi) is 3.65. The highest BCUT2D eigenvalue weighted by atomic mass is 16.5. The van der Waals surface area contributed by atoms with E-state index in [1.165, 1.54) is 0 Å². The van der Waals surface area contributed by atoms with Gasteiger partial charge in [-0.1, -0.05) is 30.3 Å². The Labute approximate surface area is 117 Å². The van der Waals surface area contributed by atoms with Crippen molar-refractivity contribution in [2.75, 3.05) is 6.61 Å². The number of benzene rings is 2. The van der Waals surface area contributed by atoms with E-state index >= 15 is 0 Å². The molecule has 0 aliphatic carbocycles. The molecule has 0 radical (unpaired) electrons. The number of aromatic nitrogens is 2. The SMILES string of the molecule is NCc1cccc2[nH]c(CCOc3ccccc3)nc12. The summed E-state index contributed by atoms with van der Waals surface area (Å²) in [6.45, 7) is 1.10. The van der Waals surface area contributed by atoms with Gasteiger partial charge in [0.1, 0.15) is 11.6 Å². The van der Waals surface area contributed by atoms with Crippen LogP contribution in [0.4, 0.5) is 0 Å². The zero-order valence-electron chi connectivity index (χ0n) is 11.2. The molecule has 1 heterocycles. The summed E-state index contributed by atoms with van der Waals surface area (Å²) in [5, 5.41) is 0. The lowest BCUT2D eigenvalue weighted by atomic mass is 10.2. The molecule has 0 fully saturated rings. The van der Waals surface area contributed by atoms with Gasteiger partial charge in [-0.2, -0.15) is 0 Å². The van der Waals surface area contributed by atoms with Gasteiger partial charge in [0.25, 0.3) is 0 Å². The number of nitrogens with two attached hydrogens (primary N) is 1. The average Bonchev–Trinajstić information content (AvgIpc) is 2.91. The number of hydrogen-bond donors (Lipinski definition) is 2. The molecule has 3 N–H and O–H groups in total. The summed E-state index contributed by atoms with van der Waals surface area (Å²) in [6.07, 6.45) is 0.744. The van der Waals surface area contributed by atoms with Crippen LogP contribution in [0.15, 0.2) is 48.5 Å². The lowest BCUT2D eigenvalue weighted by Gasteiger charge is -2.03. The fourth-order valence-corrected chi connectivity index (χ4v) is 2.21. The minimum Gasteiger partial charge on any atom is -0.493 e. The molecule has 20 heavy (non-hydrogen) atoms. The first-order chi connectivity index (χ1) is 9.86. The Morgan fingerprint density at radius 2 is 1.90 bits per heavy atom. The van der Waals surface area contributed by atoms with Gasteiger partial charge in [0.15, 0.2) is 0 Å². The van der Waals surface area contributed by atoms with Crippen LogP contribution < -0.4 is 10.5 Å². The second kappa shape index (κ2) is 5.75. The highest BCUT2D eigenvalue weighted by Crippen LogP contribution is 2.16. The third kappa shape index (κ3) is 2.65. The molecule has 3 rings (SSSR count). The van der Waals surface area contributed by atoms with Crippen LogP contribution in [-0.2, 0) is 13.0 Å².